The minimum Gasteiger partial charge on any atom is -0.386 e. The first-order chi connectivity index (χ1) is 9.00. The summed E-state index contributed by atoms with van der Waals surface area (Å²) in [6.45, 7) is 0. The van der Waals surface area contributed by atoms with E-state index in [1.54, 1.807) is 30.3 Å². The van der Waals surface area contributed by atoms with Gasteiger partial charge in [0.1, 0.15) is 0 Å². The minimum absolute atomic E-state index is 0.104. The molecule has 5 heteroatoms. The Bertz CT molecular complexity index is 551. The summed E-state index contributed by atoms with van der Waals surface area (Å²) < 4.78 is 39.0. The fraction of sp³-hybridized carbons (Fsp3) is 0.143. The molecule has 0 heterocycles. The van der Waals surface area contributed by atoms with E-state index < -0.39 is 29.6 Å². The molecule has 0 aliphatic carbocycles. The normalized spacial score (nSPS) is 14.2. The van der Waals surface area contributed by atoms with Crippen LogP contribution in [0.4, 0.5) is 13.2 Å². The van der Waals surface area contributed by atoms with Crippen LogP contribution in [0.1, 0.15) is 23.3 Å². The lowest BCUT2D eigenvalue weighted by Gasteiger charge is -2.19. The highest BCUT2D eigenvalue weighted by molar-refractivity contribution is 5.27. The monoisotopic (exact) mass is 267 g/mol. The molecule has 0 aromatic heterocycles. The predicted molar refractivity (Wildman–Crippen MR) is 64.6 cm³/mol. The fourth-order valence-corrected chi connectivity index (χ4v) is 1.81. The maximum absolute atomic E-state index is 13.1. The standard InChI is InChI=1S/C14H12F3NO/c15-10-6-9(7-11(16)12(10)17)14(19)13(18)8-4-2-1-3-5-8/h1-7,13-14,19H,18H2. The van der Waals surface area contributed by atoms with Crippen molar-refractivity contribution < 1.29 is 18.3 Å². The molecule has 19 heavy (non-hydrogen) atoms. The molecule has 0 saturated carbocycles. The van der Waals surface area contributed by atoms with Gasteiger partial charge in [-0.05, 0) is 23.3 Å². The van der Waals surface area contributed by atoms with Crippen molar-refractivity contribution in [1.29, 1.82) is 0 Å². The Labute approximate surface area is 108 Å². The van der Waals surface area contributed by atoms with Gasteiger partial charge < -0.3 is 10.8 Å². The quantitative estimate of drug-likeness (QED) is 0.840. The summed E-state index contributed by atoms with van der Waals surface area (Å²) >= 11 is 0. The molecule has 2 unspecified atom stereocenters. The topological polar surface area (TPSA) is 46.2 Å². The van der Waals surface area contributed by atoms with E-state index in [1.165, 1.54) is 0 Å². The number of aliphatic hydroxyl groups is 1. The van der Waals surface area contributed by atoms with Crippen molar-refractivity contribution >= 4 is 0 Å². The van der Waals surface area contributed by atoms with Crippen molar-refractivity contribution in [3.63, 3.8) is 0 Å². The van der Waals surface area contributed by atoms with Gasteiger partial charge in [-0.3, -0.25) is 0 Å². The third-order valence-electron chi connectivity index (χ3n) is 2.87. The summed E-state index contributed by atoms with van der Waals surface area (Å²) in [5, 5.41) is 10.0. The molecule has 0 aliphatic rings. The van der Waals surface area contributed by atoms with Crippen molar-refractivity contribution in [2.24, 2.45) is 5.73 Å². The number of benzene rings is 2. The van der Waals surface area contributed by atoms with Crippen LogP contribution in [0.15, 0.2) is 42.5 Å². The van der Waals surface area contributed by atoms with Crippen molar-refractivity contribution in [3.8, 4) is 0 Å². The molecule has 0 radical (unpaired) electrons. The summed E-state index contributed by atoms with van der Waals surface area (Å²) in [5.74, 6) is -4.27. The number of nitrogens with two attached hydrogens (primary N) is 1. The number of rotatable bonds is 3. The number of aliphatic hydroxyl groups excluding tert-OH is 1. The van der Waals surface area contributed by atoms with Gasteiger partial charge in [0.25, 0.3) is 0 Å². The molecule has 2 rings (SSSR count). The maximum Gasteiger partial charge on any atom is 0.194 e. The van der Waals surface area contributed by atoms with E-state index in [1.807, 2.05) is 0 Å². The molecule has 100 valence electrons. The largest absolute Gasteiger partial charge is 0.386 e. The molecule has 0 spiro atoms. The zero-order valence-electron chi connectivity index (χ0n) is 9.85. The number of hydrogen-bond acceptors (Lipinski definition) is 2. The van der Waals surface area contributed by atoms with Crippen molar-refractivity contribution in [2.75, 3.05) is 0 Å². The van der Waals surface area contributed by atoms with Gasteiger partial charge in [0.2, 0.25) is 0 Å². The van der Waals surface area contributed by atoms with E-state index in [2.05, 4.69) is 0 Å². The molecule has 0 aliphatic heterocycles. The van der Waals surface area contributed by atoms with Crippen molar-refractivity contribution in [1.82, 2.24) is 0 Å². The van der Waals surface area contributed by atoms with Crippen molar-refractivity contribution in [3.05, 3.63) is 71.0 Å². The molecule has 3 N–H and O–H groups in total. The highest BCUT2D eigenvalue weighted by Gasteiger charge is 2.21. The fourth-order valence-electron chi connectivity index (χ4n) is 1.81. The minimum atomic E-state index is -1.57. The number of hydrogen-bond donors (Lipinski definition) is 2. The van der Waals surface area contributed by atoms with Crippen LogP contribution in [0, 0.1) is 17.5 Å². The van der Waals surface area contributed by atoms with Crippen LogP contribution in [-0.2, 0) is 0 Å². The predicted octanol–water partition coefficient (Wildman–Crippen LogP) is 2.84. The van der Waals surface area contributed by atoms with Gasteiger partial charge in [-0.15, -0.1) is 0 Å². The van der Waals surface area contributed by atoms with Gasteiger partial charge in [0.05, 0.1) is 12.1 Å². The molecular weight excluding hydrogens is 255 g/mol. The molecule has 0 amide bonds. The Morgan fingerprint density at radius 2 is 1.42 bits per heavy atom. The van der Waals surface area contributed by atoms with Crippen LogP contribution in [0.3, 0.4) is 0 Å². The molecule has 2 aromatic carbocycles. The summed E-state index contributed by atoms with van der Waals surface area (Å²) in [6.07, 6.45) is -1.33. The Hall–Kier alpha value is -1.85. The average Bonchev–Trinajstić information content (AvgIpc) is 2.43. The highest BCUT2D eigenvalue weighted by atomic mass is 19.2. The average molecular weight is 267 g/mol. The molecule has 0 saturated heterocycles. The van der Waals surface area contributed by atoms with Crippen LogP contribution >= 0.6 is 0 Å². The molecule has 0 fully saturated rings. The zero-order chi connectivity index (χ0) is 14.0. The summed E-state index contributed by atoms with van der Waals surface area (Å²) in [6, 6.07) is 9.23. The van der Waals surface area contributed by atoms with E-state index >= 15 is 0 Å². The lowest BCUT2D eigenvalue weighted by Crippen LogP contribution is -2.20. The first-order valence-corrected chi connectivity index (χ1v) is 5.63. The molecule has 0 bridgehead atoms. The Morgan fingerprint density at radius 3 is 1.95 bits per heavy atom. The van der Waals surface area contributed by atoms with Crippen LogP contribution < -0.4 is 5.73 Å². The third kappa shape index (κ3) is 2.77. The lowest BCUT2D eigenvalue weighted by molar-refractivity contribution is 0.146. The third-order valence-corrected chi connectivity index (χ3v) is 2.87. The van der Waals surface area contributed by atoms with Gasteiger partial charge in [0.15, 0.2) is 17.5 Å². The molecule has 2 atom stereocenters. The second-order valence-electron chi connectivity index (χ2n) is 4.18. The van der Waals surface area contributed by atoms with E-state index in [9.17, 15) is 18.3 Å². The maximum atomic E-state index is 13.1. The van der Waals surface area contributed by atoms with Gasteiger partial charge in [-0.25, -0.2) is 13.2 Å². The Balaban J connectivity index is 2.32. The summed E-state index contributed by atoms with van der Waals surface area (Å²) in [4.78, 5) is 0. The highest BCUT2D eigenvalue weighted by Crippen LogP contribution is 2.28. The lowest BCUT2D eigenvalue weighted by atomic mass is 9.96. The van der Waals surface area contributed by atoms with Crippen LogP contribution in [0.25, 0.3) is 0 Å². The SMILES string of the molecule is NC(c1ccccc1)C(O)c1cc(F)c(F)c(F)c1. The first kappa shape index (κ1) is 13.6. The summed E-state index contributed by atoms with van der Waals surface area (Å²) in [5.41, 5.74) is 6.33. The summed E-state index contributed by atoms with van der Waals surface area (Å²) in [7, 11) is 0. The number of halogens is 3. The second-order valence-corrected chi connectivity index (χ2v) is 4.18. The van der Waals surface area contributed by atoms with E-state index in [0.717, 1.165) is 12.1 Å². The van der Waals surface area contributed by atoms with Crippen molar-refractivity contribution in [2.45, 2.75) is 12.1 Å². The van der Waals surface area contributed by atoms with Gasteiger partial charge in [0, 0.05) is 0 Å². The van der Waals surface area contributed by atoms with Gasteiger partial charge in [-0.2, -0.15) is 0 Å². The Kier molecular flexibility index (Phi) is 3.87. The van der Waals surface area contributed by atoms with E-state index in [0.29, 0.717) is 5.56 Å². The second kappa shape index (κ2) is 5.42. The van der Waals surface area contributed by atoms with Crippen LogP contribution in [0.5, 0.6) is 0 Å². The van der Waals surface area contributed by atoms with E-state index in [-0.39, 0.29) is 5.56 Å². The van der Waals surface area contributed by atoms with Gasteiger partial charge >= 0.3 is 0 Å². The van der Waals surface area contributed by atoms with Gasteiger partial charge in [-0.1, -0.05) is 30.3 Å². The molecule has 2 nitrogen and oxygen atoms in total. The van der Waals surface area contributed by atoms with E-state index in [4.69, 9.17) is 5.73 Å². The van der Waals surface area contributed by atoms with Crippen LogP contribution in [0.2, 0.25) is 0 Å². The zero-order valence-corrected chi connectivity index (χ0v) is 9.85. The molecular formula is C14H12F3NO. The first-order valence-electron chi connectivity index (χ1n) is 5.63. The molecule has 2 aromatic rings. The van der Waals surface area contributed by atoms with Crippen LogP contribution in [-0.4, -0.2) is 5.11 Å². The Morgan fingerprint density at radius 1 is 0.895 bits per heavy atom. The smallest absolute Gasteiger partial charge is 0.194 e.